The molecule has 0 aromatic heterocycles. The van der Waals surface area contributed by atoms with Crippen molar-refractivity contribution in [2.75, 3.05) is 6.54 Å². The Labute approximate surface area is 129 Å². The Balaban J connectivity index is 4.58. The van der Waals surface area contributed by atoms with Crippen LogP contribution in [0.2, 0.25) is 0 Å². The number of aliphatic carboxylic acids is 1. The second-order valence-electron chi connectivity index (χ2n) is 5.59. The first kappa shape index (κ1) is 19.9. The van der Waals surface area contributed by atoms with Crippen molar-refractivity contribution < 1.29 is 24.3 Å². The van der Waals surface area contributed by atoms with Crippen molar-refractivity contribution >= 4 is 23.7 Å². The van der Waals surface area contributed by atoms with Gasteiger partial charge in [-0.25, -0.2) is 9.59 Å². The molecule has 0 saturated carbocycles. The summed E-state index contributed by atoms with van der Waals surface area (Å²) in [5.74, 6) is -2.34. The van der Waals surface area contributed by atoms with Gasteiger partial charge in [0.25, 0.3) is 0 Å². The molecule has 0 rings (SSSR count). The molecule has 0 radical (unpaired) electrons. The normalized spacial score (nSPS) is 13.3. The fourth-order valence-corrected chi connectivity index (χ4v) is 1.99. The molecule has 0 bridgehead atoms. The Morgan fingerprint density at radius 3 is 2.18 bits per heavy atom. The maximum atomic E-state index is 12.2. The molecule has 0 aromatic carbocycles. The van der Waals surface area contributed by atoms with E-state index in [1.165, 1.54) is 6.92 Å². The third-order valence-corrected chi connectivity index (χ3v) is 3.23. The molecule has 0 spiro atoms. The van der Waals surface area contributed by atoms with Gasteiger partial charge in [-0.15, -0.1) is 0 Å². The van der Waals surface area contributed by atoms with Gasteiger partial charge in [-0.1, -0.05) is 13.8 Å². The number of nitrogens with one attached hydrogen (secondary N) is 2. The molecule has 0 aromatic rings. The van der Waals surface area contributed by atoms with Gasteiger partial charge in [-0.2, -0.15) is 0 Å². The summed E-state index contributed by atoms with van der Waals surface area (Å²) >= 11 is 0. The number of hydrogen-bond acceptors (Lipinski definition) is 4. The van der Waals surface area contributed by atoms with Crippen molar-refractivity contribution in [3.05, 3.63) is 0 Å². The largest absolute Gasteiger partial charge is 0.480 e. The quantitative estimate of drug-likeness (QED) is 0.428. The molecular weight excluding hydrogens is 290 g/mol. The first-order valence-electron chi connectivity index (χ1n) is 7.21. The molecule has 126 valence electrons. The number of amides is 3. The average Bonchev–Trinajstić information content (AvgIpc) is 2.38. The zero-order valence-corrected chi connectivity index (χ0v) is 13.2. The van der Waals surface area contributed by atoms with Crippen LogP contribution in [0.1, 0.15) is 40.0 Å². The molecule has 5 N–H and O–H groups in total. The third-order valence-electron chi connectivity index (χ3n) is 3.23. The summed E-state index contributed by atoms with van der Waals surface area (Å²) in [6.45, 7) is 5.24. The Morgan fingerprint density at radius 1 is 1.18 bits per heavy atom. The minimum atomic E-state index is -1.15. The van der Waals surface area contributed by atoms with Gasteiger partial charge >= 0.3 is 12.0 Å². The maximum Gasteiger partial charge on any atom is 0.326 e. The minimum Gasteiger partial charge on any atom is -0.480 e. The number of rotatable bonds is 10. The highest BCUT2D eigenvalue weighted by Gasteiger charge is 2.27. The van der Waals surface area contributed by atoms with Crippen LogP contribution >= 0.6 is 0 Å². The number of carboxylic acids is 1. The van der Waals surface area contributed by atoms with Gasteiger partial charge in [-0.3, -0.25) is 4.79 Å². The summed E-state index contributed by atoms with van der Waals surface area (Å²) < 4.78 is 0. The highest BCUT2D eigenvalue weighted by molar-refractivity contribution is 5.88. The smallest absolute Gasteiger partial charge is 0.326 e. The van der Waals surface area contributed by atoms with Gasteiger partial charge < -0.3 is 26.3 Å². The Kier molecular flexibility index (Phi) is 8.81. The van der Waals surface area contributed by atoms with Crippen molar-refractivity contribution in [1.82, 2.24) is 10.6 Å². The van der Waals surface area contributed by atoms with Gasteiger partial charge in [0.05, 0.1) is 0 Å². The van der Waals surface area contributed by atoms with E-state index in [4.69, 9.17) is 10.8 Å². The van der Waals surface area contributed by atoms with Crippen LogP contribution in [0, 0.1) is 11.8 Å². The molecule has 8 heteroatoms. The summed E-state index contributed by atoms with van der Waals surface area (Å²) in [6.07, 6.45) is 0.602. The van der Waals surface area contributed by atoms with Gasteiger partial charge in [0.1, 0.15) is 11.8 Å². The Bertz CT molecular complexity index is 423. The number of carbonyl (C=O) groups is 4. The number of nitrogens with two attached hydrogens (primary N) is 1. The lowest BCUT2D eigenvalue weighted by atomic mass is 9.90. The van der Waals surface area contributed by atoms with Crippen LogP contribution in [0.4, 0.5) is 4.79 Å². The second kappa shape index (κ2) is 9.75. The molecule has 0 unspecified atom stereocenters. The number of primary amides is 1. The number of urea groups is 1. The minimum absolute atomic E-state index is 0.0742. The van der Waals surface area contributed by atoms with Crippen LogP contribution in [0.5, 0.6) is 0 Å². The highest BCUT2D eigenvalue weighted by Crippen LogP contribution is 2.16. The van der Waals surface area contributed by atoms with Crippen molar-refractivity contribution in [1.29, 1.82) is 0 Å². The van der Waals surface area contributed by atoms with Crippen LogP contribution in [0.3, 0.4) is 0 Å². The Morgan fingerprint density at radius 2 is 1.77 bits per heavy atom. The maximum absolute atomic E-state index is 12.2. The number of ketones is 1. The summed E-state index contributed by atoms with van der Waals surface area (Å²) in [6, 6.07) is -1.74. The second-order valence-corrected chi connectivity index (χ2v) is 5.59. The van der Waals surface area contributed by atoms with E-state index in [-0.39, 0.29) is 31.1 Å². The zero-order valence-electron chi connectivity index (χ0n) is 13.2. The SMILES string of the molecule is CC(=O)C[C@H](C(=O)N[C@@H](CCCNC(N)=O)C(=O)O)C(C)C. The Hall–Kier alpha value is -2.12. The lowest BCUT2D eigenvalue weighted by molar-refractivity contribution is -0.143. The molecule has 0 aliphatic carbocycles. The van der Waals surface area contributed by atoms with E-state index in [9.17, 15) is 19.2 Å². The molecule has 0 saturated heterocycles. The first-order chi connectivity index (χ1) is 10.1. The number of carbonyl (C=O) groups excluding carboxylic acids is 3. The van der Waals surface area contributed by atoms with Crippen LogP contribution in [-0.4, -0.2) is 41.4 Å². The van der Waals surface area contributed by atoms with Crippen molar-refractivity contribution in [2.45, 2.75) is 46.1 Å². The summed E-state index contributed by atoms with van der Waals surface area (Å²) in [4.78, 5) is 45.1. The van der Waals surface area contributed by atoms with Crippen molar-refractivity contribution in [2.24, 2.45) is 17.6 Å². The monoisotopic (exact) mass is 315 g/mol. The molecule has 22 heavy (non-hydrogen) atoms. The number of Topliss-reactive ketones (excluding diaryl/α,β-unsaturated/α-hetero) is 1. The van der Waals surface area contributed by atoms with Crippen LogP contribution < -0.4 is 16.4 Å². The average molecular weight is 315 g/mol. The first-order valence-corrected chi connectivity index (χ1v) is 7.21. The fourth-order valence-electron chi connectivity index (χ4n) is 1.99. The van der Waals surface area contributed by atoms with E-state index in [0.29, 0.717) is 6.42 Å². The van der Waals surface area contributed by atoms with E-state index in [1.54, 1.807) is 13.8 Å². The molecule has 2 atom stereocenters. The van der Waals surface area contributed by atoms with E-state index < -0.39 is 29.9 Å². The number of carboxylic acid groups (broad SMARTS) is 1. The molecule has 0 fully saturated rings. The number of hydrogen-bond donors (Lipinski definition) is 4. The van der Waals surface area contributed by atoms with Crippen LogP contribution in [0.15, 0.2) is 0 Å². The third kappa shape index (κ3) is 8.23. The topological polar surface area (TPSA) is 139 Å². The fraction of sp³-hybridized carbons (Fsp3) is 0.714. The van der Waals surface area contributed by atoms with Gasteiger partial charge in [0.2, 0.25) is 5.91 Å². The van der Waals surface area contributed by atoms with E-state index in [1.807, 2.05) is 0 Å². The standard InChI is InChI=1S/C14H25N3O5/c1-8(2)10(7-9(3)18)12(19)17-11(13(20)21)5-4-6-16-14(15)22/h8,10-11H,4-7H2,1-3H3,(H,17,19)(H,20,21)(H3,15,16,22)/t10-,11-/m0/s1. The predicted octanol–water partition coefficient (Wildman–Crippen LogP) is 0.256. The van der Waals surface area contributed by atoms with Gasteiger partial charge in [0.15, 0.2) is 0 Å². The zero-order chi connectivity index (χ0) is 17.3. The van der Waals surface area contributed by atoms with Crippen molar-refractivity contribution in [3.8, 4) is 0 Å². The molecule has 0 aliphatic rings. The molecule has 0 aliphatic heterocycles. The summed E-state index contributed by atoms with van der Waals surface area (Å²) in [7, 11) is 0. The predicted molar refractivity (Wildman–Crippen MR) is 80.0 cm³/mol. The van der Waals surface area contributed by atoms with Gasteiger partial charge in [0, 0.05) is 18.9 Å². The summed E-state index contributed by atoms with van der Waals surface area (Å²) in [5.41, 5.74) is 4.90. The molecular formula is C14H25N3O5. The van der Waals surface area contributed by atoms with E-state index >= 15 is 0 Å². The van der Waals surface area contributed by atoms with Crippen LogP contribution in [0.25, 0.3) is 0 Å². The molecule has 3 amide bonds. The van der Waals surface area contributed by atoms with Crippen molar-refractivity contribution in [3.63, 3.8) is 0 Å². The molecule has 0 heterocycles. The van der Waals surface area contributed by atoms with Gasteiger partial charge in [-0.05, 0) is 25.7 Å². The van der Waals surface area contributed by atoms with E-state index in [0.717, 1.165) is 0 Å². The highest BCUT2D eigenvalue weighted by atomic mass is 16.4. The molecule has 8 nitrogen and oxygen atoms in total. The summed E-state index contributed by atoms with van der Waals surface area (Å²) in [5, 5.41) is 13.9. The van der Waals surface area contributed by atoms with E-state index in [2.05, 4.69) is 10.6 Å². The lowest BCUT2D eigenvalue weighted by Crippen LogP contribution is -2.45. The van der Waals surface area contributed by atoms with Crippen LogP contribution in [-0.2, 0) is 14.4 Å². The lowest BCUT2D eigenvalue weighted by Gasteiger charge is -2.22.